The zero-order chi connectivity index (χ0) is 17.4. The summed E-state index contributed by atoms with van der Waals surface area (Å²) < 4.78 is 11.5. The van der Waals surface area contributed by atoms with E-state index >= 15 is 0 Å². The van der Waals surface area contributed by atoms with Gasteiger partial charge in [0.2, 0.25) is 0 Å². The lowest BCUT2D eigenvalue weighted by Crippen LogP contribution is -2.37. The summed E-state index contributed by atoms with van der Waals surface area (Å²) in [6, 6.07) is 8.15. The van der Waals surface area contributed by atoms with Crippen LogP contribution < -0.4 is 4.74 Å². The molecule has 132 valence electrons. The number of benzene rings is 1. The fourth-order valence-electron chi connectivity index (χ4n) is 2.93. The Kier molecular flexibility index (Phi) is 7.03. The second-order valence-electron chi connectivity index (χ2n) is 6.63. The Balaban J connectivity index is 1.97. The maximum absolute atomic E-state index is 10.1. The molecule has 1 aromatic carbocycles. The predicted molar refractivity (Wildman–Crippen MR) is 97.5 cm³/mol. The highest BCUT2D eigenvalue weighted by molar-refractivity contribution is 5.29. The molecule has 1 aromatic rings. The van der Waals surface area contributed by atoms with Crippen LogP contribution in [-0.4, -0.2) is 56.1 Å². The molecule has 0 saturated heterocycles. The zero-order valence-electron chi connectivity index (χ0n) is 14.9. The van der Waals surface area contributed by atoms with Crippen LogP contribution in [0.1, 0.15) is 18.4 Å². The number of methoxy groups -OCH3 is 1. The molecule has 2 rings (SSSR count). The molecular weight excluding hydrogens is 302 g/mol. The van der Waals surface area contributed by atoms with Gasteiger partial charge in [-0.25, -0.2) is 0 Å². The molecule has 4 nitrogen and oxygen atoms in total. The normalized spacial score (nSPS) is 21.2. The third kappa shape index (κ3) is 5.78. The molecule has 24 heavy (non-hydrogen) atoms. The van der Waals surface area contributed by atoms with Crippen molar-refractivity contribution in [1.29, 1.82) is 0 Å². The Morgan fingerprint density at radius 1 is 1.29 bits per heavy atom. The molecule has 0 bridgehead atoms. The van der Waals surface area contributed by atoms with Crippen LogP contribution in [-0.2, 0) is 11.2 Å². The summed E-state index contributed by atoms with van der Waals surface area (Å²) in [7, 11) is 5.58. The standard InChI is InChI=1S/C20H29NO3/c1-21(2)15-18(22)16-24-20(11-5-4-6-12-20)13-10-17-8-7-9-19(14-17)23-3/h4-9,11,14,18,22H,10,12-13,15-16H2,1-3H3/t18-,20+/m0/s1. The van der Waals surface area contributed by atoms with Gasteiger partial charge in [0.05, 0.1) is 25.4 Å². The van der Waals surface area contributed by atoms with Crippen LogP contribution in [0.5, 0.6) is 5.75 Å². The van der Waals surface area contributed by atoms with Gasteiger partial charge in [-0.05, 0) is 51.1 Å². The number of nitrogens with zero attached hydrogens (tertiary/aromatic N) is 1. The summed E-state index contributed by atoms with van der Waals surface area (Å²) in [6.07, 6.45) is 10.5. The van der Waals surface area contributed by atoms with E-state index in [-0.39, 0.29) is 5.60 Å². The molecule has 0 saturated carbocycles. The molecule has 1 aliphatic rings. The second-order valence-corrected chi connectivity index (χ2v) is 6.63. The fraction of sp³-hybridized carbons (Fsp3) is 0.500. The van der Waals surface area contributed by atoms with Crippen LogP contribution in [0.4, 0.5) is 0 Å². The summed E-state index contributed by atoms with van der Waals surface area (Å²) in [5.74, 6) is 0.878. The zero-order valence-corrected chi connectivity index (χ0v) is 14.9. The molecule has 0 unspecified atom stereocenters. The van der Waals surface area contributed by atoms with Gasteiger partial charge in [-0.1, -0.05) is 36.4 Å². The maximum Gasteiger partial charge on any atom is 0.119 e. The van der Waals surface area contributed by atoms with E-state index < -0.39 is 6.10 Å². The summed E-state index contributed by atoms with van der Waals surface area (Å²) in [5.41, 5.74) is 0.889. The quantitative estimate of drug-likeness (QED) is 0.755. The number of aryl methyl sites for hydroxylation is 1. The van der Waals surface area contributed by atoms with E-state index in [0.29, 0.717) is 13.2 Å². The van der Waals surface area contributed by atoms with Crippen molar-refractivity contribution in [1.82, 2.24) is 4.90 Å². The van der Waals surface area contributed by atoms with Crippen LogP contribution >= 0.6 is 0 Å². The molecule has 2 atom stereocenters. The first-order chi connectivity index (χ1) is 11.5. The van der Waals surface area contributed by atoms with Crippen LogP contribution in [0.3, 0.4) is 0 Å². The average molecular weight is 331 g/mol. The summed E-state index contributed by atoms with van der Waals surface area (Å²) >= 11 is 0. The van der Waals surface area contributed by atoms with Crippen LogP contribution in [0.2, 0.25) is 0 Å². The first-order valence-corrected chi connectivity index (χ1v) is 8.47. The molecule has 0 radical (unpaired) electrons. The lowest BCUT2D eigenvalue weighted by atomic mass is 9.88. The number of aliphatic hydroxyl groups is 1. The van der Waals surface area contributed by atoms with E-state index in [1.807, 2.05) is 43.3 Å². The topological polar surface area (TPSA) is 41.9 Å². The van der Waals surface area contributed by atoms with E-state index in [2.05, 4.69) is 24.3 Å². The summed E-state index contributed by atoms with van der Waals surface area (Å²) in [4.78, 5) is 1.97. The smallest absolute Gasteiger partial charge is 0.119 e. The van der Waals surface area contributed by atoms with Crippen LogP contribution in [0.25, 0.3) is 0 Å². The lowest BCUT2D eigenvalue weighted by Gasteiger charge is -2.33. The summed E-state index contributed by atoms with van der Waals surface area (Å²) in [6.45, 7) is 0.944. The number of rotatable bonds is 9. The third-order valence-electron chi connectivity index (χ3n) is 4.22. The molecule has 0 heterocycles. The number of aliphatic hydroxyl groups excluding tert-OH is 1. The maximum atomic E-state index is 10.1. The highest BCUT2D eigenvalue weighted by Crippen LogP contribution is 2.29. The van der Waals surface area contributed by atoms with Gasteiger partial charge in [0.1, 0.15) is 5.75 Å². The van der Waals surface area contributed by atoms with Crippen molar-refractivity contribution in [2.45, 2.75) is 31.0 Å². The molecule has 1 aliphatic carbocycles. The number of ether oxygens (including phenoxy) is 2. The van der Waals surface area contributed by atoms with E-state index in [9.17, 15) is 5.11 Å². The summed E-state index contributed by atoms with van der Waals surface area (Å²) in [5, 5.41) is 10.1. The Labute approximate surface area is 145 Å². The van der Waals surface area contributed by atoms with Gasteiger partial charge >= 0.3 is 0 Å². The minimum atomic E-state index is -0.479. The van der Waals surface area contributed by atoms with Gasteiger partial charge in [0, 0.05) is 6.54 Å². The molecular formula is C20H29NO3. The Bertz CT molecular complexity index is 568. The number of hydrogen-bond acceptors (Lipinski definition) is 4. The number of allylic oxidation sites excluding steroid dienone is 2. The Morgan fingerprint density at radius 3 is 2.79 bits per heavy atom. The monoisotopic (exact) mass is 331 g/mol. The minimum Gasteiger partial charge on any atom is -0.497 e. The van der Waals surface area contributed by atoms with Gasteiger partial charge < -0.3 is 19.5 Å². The first kappa shape index (κ1) is 18.7. The van der Waals surface area contributed by atoms with Gasteiger partial charge in [-0.3, -0.25) is 0 Å². The van der Waals surface area contributed by atoms with E-state index in [4.69, 9.17) is 9.47 Å². The Morgan fingerprint density at radius 2 is 2.12 bits per heavy atom. The largest absolute Gasteiger partial charge is 0.497 e. The van der Waals surface area contributed by atoms with Gasteiger partial charge in [0.25, 0.3) is 0 Å². The SMILES string of the molecule is COc1cccc(CC[C@@]2(OC[C@@H](O)CN(C)C)C=CC=CC2)c1. The van der Waals surface area contributed by atoms with Gasteiger partial charge in [-0.2, -0.15) is 0 Å². The number of hydrogen-bond donors (Lipinski definition) is 1. The molecule has 4 heteroatoms. The Hall–Kier alpha value is -1.62. The van der Waals surface area contributed by atoms with Gasteiger partial charge in [-0.15, -0.1) is 0 Å². The van der Waals surface area contributed by atoms with Crippen molar-refractivity contribution in [2.24, 2.45) is 0 Å². The van der Waals surface area contributed by atoms with E-state index in [0.717, 1.165) is 25.0 Å². The minimum absolute atomic E-state index is 0.342. The molecule has 0 amide bonds. The van der Waals surface area contributed by atoms with Crippen molar-refractivity contribution in [2.75, 3.05) is 34.4 Å². The van der Waals surface area contributed by atoms with Crippen molar-refractivity contribution in [3.63, 3.8) is 0 Å². The highest BCUT2D eigenvalue weighted by Gasteiger charge is 2.28. The predicted octanol–water partition coefficient (Wildman–Crippen LogP) is 2.82. The molecule has 0 aliphatic heterocycles. The van der Waals surface area contributed by atoms with Crippen molar-refractivity contribution < 1.29 is 14.6 Å². The van der Waals surface area contributed by atoms with Crippen LogP contribution in [0.15, 0.2) is 48.6 Å². The van der Waals surface area contributed by atoms with Gasteiger partial charge in [0.15, 0.2) is 0 Å². The van der Waals surface area contributed by atoms with E-state index in [1.165, 1.54) is 5.56 Å². The molecule has 0 aromatic heterocycles. The lowest BCUT2D eigenvalue weighted by molar-refractivity contribution is -0.0596. The number of likely N-dealkylation sites (N-methyl/N-ethyl adjacent to an activating group) is 1. The second kappa shape index (κ2) is 9.02. The highest BCUT2D eigenvalue weighted by atomic mass is 16.5. The fourth-order valence-corrected chi connectivity index (χ4v) is 2.93. The average Bonchev–Trinajstić information content (AvgIpc) is 2.59. The first-order valence-electron chi connectivity index (χ1n) is 8.47. The van der Waals surface area contributed by atoms with Crippen molar-refractivity contribution >= 4 is 0 Å². The molecule has 0 spiro atoms. The third-order valence-corrected chi connectivity index (χ3v) is 4.22. The van der Waals surface area contributed by atoms with E-state index in [1.54, 1.807) is 7.11 Å². The van der Waals surface area contributed by atoms with Crippen LogP contribution in [0, 0.1) is 0 Å². The van der Waals surface area contributed by atoms with Crippen molar-refractivity contribution in [3.8, 4) is 5.75 Å². The molecule has 1 N–H and O–H groups in total. The molecule has 0 fully saturated rings. The van der Waals surface area contributed by atoms with Crippen molar-refractivity contribution in [3.05, 3.63) is 54.1 Å².